The van der Waals surface area contributed by atoms with Gasteiger partial charge in [-0.15, -0.1) is 11.6 Å². The van der Waals surface area contributed by atoms with Gasteiger partial charge < -0.3 is 15.1 Å². The topological polar surface area (TPSA) is 60.8 Å². The Balaban J connectivity index is 2.29. The molecule has 0 spiro atoms. The van der Waals surface area contributed by atoms with E-state index in [9.17, 15) is 15.0 Å². The Bertz CT molecular complexity index is 520. The van der Waals surface area contributed by atoms with Crippen molar-refractivity contribution in [1.29, 1.82) is 0 Å². The Morgan fingerprint density at radius 2 is 2.06 bits per heavy atom. The number of benzene rings is 1. The van der Waals surface area contributed by atoms with Crippen molar-refractivity contribution >= 4 is 17.5 Å². The van der Waals surface area contributed by atoms with E-state index in [1.807, 2.05) is 0 Å². The van der Waals surface area contributed by atoms with Crippen LogP contribution in [0.3, 0.4) is 0 Å². The highest BCUT2D eigenvalue weighted by molar-refractivity contribution is 6.22. The van der Waals surface area contributed by atoms with Crippen LogP contribution in [0.1, 0.15) is 22.9 Å². The first kappa shape index (κ1) is 11.0. The predicted molar refractivity (Wildman–Crippen MR) is 61.3 cm³/mol. The monoisotopic (exact) mass is 253 g/mol. The molecule has 0 bridgehead atoms. The lowest BCUT2D eigenvalue weighted by Gasteiger charge is -2.37. The quantitative estimate of drug-likeness (QED) is 0.670. The number of rotatable bonds is 0. The Hall–Kier alpha value is -1.10. The van der Waals surface area contributed by atoms with Crippen molar-refractivity contribution in [3.63, 3.8) is 0 Å². The smallest absolute Gasteiger partial charge is 0.228 e. The Labute approximate surface area is 103 Å². The lowest BCUT2D eigenvalue weighted by molar-refractivity contribution is -0.187. The van der Waals surface area contributed by atoms with Crippen LogP contribution >= 0.6 is 11.6 Å². The second-order valence-corrected chi connectivity index (χ2v) is 5.10. The molecule has 1 heterocycles. The average Bonchev–Trinajstić information content (AvgIpc) is 2.60. The minimum atomic E-state index is -1.75. The number of hydrogen-bond donors (Lipinski definition) is 2. The fourth-order valence-corrected chi connectivity index (χ4v) is 3.44. The summed E-state index contributed by atoms with van der Waals surface area (Å²) in [6.07, 6.45) is -0.139. The molecular weight excluding hydrogens is 242 g/mol. The van der Waals surface area contributed by atoms with Crippen molar-refractivity contribution in [3.05, 3.63) is 35.4 Å². The lowest BCUT2D eigenvalue weighted by Crippen LogP contribution is -2.54. The molecule has 1 aliphatic carbocycles. The number of halogens is 1. The molecule has 3 atom stereocenters. The maximum atomic E-state index is 11.7. The second kappa shape index (κ2) is 3.02. The summed E-state index contributed by atoms with van der Waals surface area (Å²) in [5.41, 5.74) is -2.14. The van der Waals surface area contributed by atoms with Gasteiger partial charge in [-0.1, -0.05) is 24.3 Å². The minimum absolute atomic E-state index is 0.139. The zero-order chi connectivity index (χ0) is 12.4. The van der Waals surface area contributed by atoms with E-state index in [1.165, 1.54) is 7.05 Å². The van der Waals surface area contributed by atoms with Crippen LogP contribution in [-0.2, 0) is 10.4 Å². The van der Waals surface area contributed by atoms with E-state index in [2.05, 4.69) is 0 Å². The van der Waals surface area contributed by atoms with Gasteiger partial charge in [-0.05, 0) is 11.1 Å². The molecule has 2 N–H and O–H groups in total. The van der Waals surface area contributed by atoms with E-state index in [0.717, 1.165) is 4.90 Å². The van der Waals surface area contributed by atoms with Gasteiger partial charge in [0.1, 0.15) is 11.0 Å². The van der Waals surface area contributed by atoms with E-state index in [4.69, 9.17) is 11.6 Å². The second-order valence-electron chi connectivity index (χ2n) is 4.67. The summed E-state index contributed by atoms with van der Waals surface area (Å²) in [7, 11) is 1.46. The van der Waals surface area contributed by atoms with Crippen LogP contribution in [0.2, 0.25) is 0 Å². The molecule has 0 unspecified atom stereocenters. The minimum Gasteiger partial charge on any atom is -0.379 e. The molecular formula is C12H12ClNO3. The number of nitrogens with zero attached hydrogens (tertiary/aromatic N) is 1. The van der Waals surface area contributed by atoms with Gasteiger partial charge in [-0.3, -0.25) is 4.79 Å². The number of alkyl halides is 1. The lowest BCUT2D eigenvalue weighted by atomic mass is 9.90. The summed E-state index contributed by atoms with van der Waals surface area (Å²) in [5, 5.41) is 20.5. The van der Waals surface area contributed by atoms with Crippen LogP contribution in [0.5, 0.6) is 0 Å². The molecule has 1 amide bonds. The van der Waals surface area contributed by atoms with Crippen LogP contribution in [0.15, 0.2) is 24.3 Å². The normalized spacial score (nSPS) is 39.4. The highest BCUT2D eigenvalue weighted by Crippen LogP contribution is 2.59. The zero-order valence-corrected chi connectivity index (χ0v) is 9.98. The van der Waals surface area contributed by atoms with Gasteiger partial charge in [-0.2, -0.15) is 0 Å². The fraction of sp³-hybridized carbons (Fsp3) is 0.417. The van der Waals surface area contributed by atoms with Gasteiger partial charge in [-0.25, -0.2) is 0 Å². The molecule has 1 aromatic carbocycles. The molecule has 0 radical (unpaired) electrons. The van der Waals surface area contributed by atoms with Crippen LogP contribution in [0.25, 0.3) is 0 Å². The van der Waals surface area contributed by atoms with Crippen LogP contribution in [0, 0.1) is 0 Å². The number of carbonyl (C=O) groups excluding carboxylic acids is 1. The van der Waals surface area contributed by atoms with Crippen molar-refractivity contribution in [2.24, 2.45) is 0 Å². The maximum Gasteiger partial charge on any atom is 0.228 e. The van der Waals surface area contributed by atoms with Crippen molar-refractivity contribution in [2.45, 2.75) is 23.1 Å². The van der Waals surface area contributed by atoms with E-state index < -0.39 is 16.7 Å². The van der Waals surface area contributed by atoms with E-state index in [-0.39, 0.29) is 12.3 Å². The van der Waals surface area contributed by atoms with E-state index >= 15 is 0 Å². The average molecular weight is 254 g/mol. The first-order chi connectivity index (χ1) is 7.93. The number of fused-ring (bicyclic) bond motifs is 3. The van der Waals surface area contributed by atoms with Crippen molar-refractivity contribution in [1.82, 2.24) is 4.90 Å². The molecule has 4 nitrogen and oxygen atoms in total. The molecule has 1 saturated heterocycles. The summed E-state index contributed by atoms with van der Waals surface area (Å²) in [6.45, 7) is 0. The molecule has 17 heavy (non-hydrogen) atoms. The van der Waals surface area contributed by atoms with Gasteiger partial charge in [0.2, 0.25) is 5.91 Å². The largest absolute Gasteiger partial charge is 0.379 e. The Morgan fingerprint density at radius 3 is 2.76 bits per heavy atom. The van der Waals surface area contributed by atoms with Gasteiger partial charge in [0, 0.05) is 7.05 Å². The third-order valence-corrected chi connectivity index (χ3v) is 4.47. The number of carbonyl (C=O) groups is 1. The predicted octanol–water partition coefficient (Wildman–Crippen LogP) is 0.718. The third-order valence-electron chi connectivity index (χ3n) is 3.93. The van der Waals surface area contributed by atoms with E-state index in [0.29, 0.717) is 11.1 Å². The molecule has 2 aliphatic rings. The SMILES string of the molecule is CN1C(=O)C[C@@]2(O)c3ccccc3[C@@H](Cl)[C@@]12O. The van der Waals surface area contributed by atoms with Crippen LogP contribution in [-0.4, -0.2) is 33.8 Å². The summed E-state index contributed by atoms with van der Waals surface area (Å²) >= 11 is 6.23. The van der Waals surface area contributed by atoms with Crippen molar-refractivity contribution in [2.75, 3.05) is 7.05 Å². The standard InChI is InChI=1S/C12H12ClNO3/c1-14-9(15)6-11(16)8-5-3-2-4-7(8)10(13)12(11,14)17/h2-5,10,16-17H,6H2,1H3/t10-,11-,12+/m1/s1. The zero-order valence-electron chi connectivity index (χ0n) is 9.22. The molecule has 0 saturated carbocycles. The summed E-state index contributed by atoms with van der Waals surface area (Å²) in [5.74, 6) is -0.310. The summed E-state index contributed by atoms with van der Waals surface area (Å²) < 4.78 is 0. The highest BCUT2D eigenvalue weighted by atomic mass is 35.5. The maximum absolute atomic E-state index is 11.7. The Morgan fingerprint density at radius 1 is 1.41 bits per heavy atom. The van der Waals surface area contributed by atoms with Crippen molar-refractivity contribution in [3.8, 4) is 0 Å². The van der Waals surface area contributed by atoms with Gasteiger partial charge >= 0.3 is 0 Å². The fourth-order valence-electron chi connectivity index (χ4n) is 2.92. The van der Waals surface area contributed by atoms with Gasteiger partial charge in [0.05, 0.1) is 6.42 Å². The summed E-state index contributed by atoms with van der Waals surface area (Å²) in [4.78, 5) is 12.8. The first-order valence-corrected chi connectivity index (χ1v) is 5.81. The van der Waals surface area contributed by atoms with E-state index in [1.54, 1.807) is 24.3 Å². The molecule has 1 aliphatic heterocycles. The molecule has 90 valence electrons. The molecule has 5 heteroatoms. The molecule has 3 rings (SSSR count). The number of hydrogen-bond acceptors (Lipinski definition) is 3. The number of amides is 1. The number of likely N-dealkylation sites (N-methyl/N-ethyl adjacent to an activating group) is 1. The molecule has 0 aromatic heterocycles. The highest BCUT2D eigenvalue weighted by Gasteiger charge is 2.69. The van der Waals surface area contributed by atoms with Crippen LogP contribution in [0.4, 0.5) is 0 Å². The van der Waals surface area contributed by atoms with Gasteiger partial charge in [0.25, 0.3) is 0 Å². The van der Waals surface area contributed by atoms with Crippen LogP contribution < -0.4 is 0 Å². The van der Waals surface area contributed by atoms with Crippen molar-refractivity contribution < 1.29 is 15.0 Å². The third kappa shape index (κ3) is 0.996. The van der Waals surface area contributed by atoms with Gasteiger partial charge in [0.15, 0.2) is 5.72 Å². The Kier molecular flexibility index (Phi) is 1.95. The summed E-state index contributed by atoms with van der Waals surface area (Å²) in [6, 6.07) is 7.02. The number of aliphatic hydroxyl groups is 2. The molecule has 1 aromatic rings. The number of likely N-dealkylation sites (tertiary alicyclic amines) is 1. The first-order valence-electron chi connectivity index (χ1n) is 5.38. The molecule has 1 fully saturated rings.